The van der Waals surface area contributed by atoms with Crippen molar-refractivity contribution in [1.82, 2.24) is 14.5 Å². The quantitative estimate of drug-likeness (QED) is 0.632. The Labute approximate surface area is 128 Å². The molecule has 2 N–H and O–H groups in total. The molecule has 10 heteroatoms. The molecule has 1 atom stereocenters. The minimum atomic E-state index is -4.04. The van der Waals surface area contributed by atoms with Crippen molar-refractivity contribution in [1.29, 1.82) is 0 Å². The summed E-state index contributed by atoms with van der Waals surface area (Å²) < 4.78 is 32.0. The smallest absolute Gasteiger partial charge is 0.327 e. The highest BCUT2D eigenvalue weighted by Gasteiger charge is 2.27. The highest BCUT2D eigenvalue weighted by Crippen LogP contribution is 2.12. The van der Waals surface area contributed by atoms with Gasteiger partial charge in [0.2, 0.25) is 10.0 Å². The predicted octanol–water partition coefficient (Wildman–Crippen LogP) is -0.166. The third-order valence-corrected chi connectivity index (χ3v) is 4.17. The zero-order chi connectivity index (χ0) is 16.9. The van der Waals surface area contributed by atoms with Crippen LogP contribution in [0.1, 0.15) is 20.3 Å². The van der Waals surface area contributed by atoms with E-state index in [1.165, 1.54) is 7.11 Å². The maximum absolute atomic E-state index is 12.2. The second-order valence-electron chi connectivity index (χ2n) is 5.09. The molecule has 0 bridgehead atoms. The molecule has 1 rings (SSSR count). The Bertz CT molecular complexity index is 637. The van der Waals surface area contributed by atoms with Crippen LogP contribution in [0.4, 0.5) is 0 Å². The van der Waals surface area contributed by atoms with E-state index in [2.05, 4.69) is 14.6 Å². The van der Waals surface area contributed by atoms with Gasteiger partial charge in [-0.2, -0.15) is 9.82 Å². The highest BCUT2D eigenvalue weighted by atomic mass is 32.2. The van der Waals surface area contributed by atoms with Gasteiger partial charge in [-0.05, 0) is 12.3 Å². The first-order valence-corrected chi connectivity index (χ1v) is 7.98. The van der Waals surface area contributed by atoms with Crippen LogP contribution in [0.2, 0.25) is 0 Å². The monoisotopic (exact) mass is 333 g/mol. The van der Waals surface area contributed by atoms with Gasteiger partial charge < -0.3 is 9.84 Å². The van der Waals surface area contributed by atoms with Gasteiger partial charge >= 0.3 is 11.9 Å². The highest BCUT2D eigenvalue weighted by molar-refractivity contribution is 7.89. The summed E-state index contributed by atoms with van der Waals surface area (Å²) in [7, 11) is -2.84. The fraction of sp³-hybridized carbons (Fsp3) is 0.583. The van der Waals surface area contributed by atoms with Gasteiger partial charge in [-0.25, -0.2) is 8.42 Å². The summed E-state index contributed by atoms with van der Waals surface area (Å²) >= 11 is 0. The van der Waals surface area contributed by atoms with Crippen LogP contribution in [0, 0.1) is 5.92 Å². The second-order valence-corrected chi connectivity index (χ2v) is 6.81. The Morgan fingerprint density at radius 1 is 1.45 bits per heavy atom. The standard InChI is InChI=1S/C12H19N3O6S/c1-8(2)4-10(12(17)18)14-22(19,20)9-5-13-15(6-9)7-11(16)21-3/h5-6,8,10,14H,4,7H2,1-3H3,(H,17,18). The molecule has 0 fully saturated rings. The van der Waals surface area contributed by atoms with Crippen molar-refractivity contribution < 1.29 is 27.9 Å². The van der Waals surface area contributed by atoms with Gasteiger partial charge in [0.15, 0.2) is 0 Å². The van der Waals surface area contributed by atoms with E-state index in [9.17, 15) is 18.0 Å². The Balaban J connectivity index is 2.89. The summed E-state index contributed by atoms with van der Waals surface area (Å²) in [5.41, 5.74) is 0. The third-order valence-electron chi connectivity index (χ3n) is 2.74. The number of methoxy groups -OCH3 is 1. The van der Waals surface area contributed by atoms with E-state index in [1.807, 2.05) is 0 Å². The van der Waals surface area contributed by atoms with Gasteiger partial charge in [0.1, 0.15) is 17.5 Å². The number of hydrogen-bond donors (Lipinski definition) is 2. The molecule has 0 saturated carbocycles. The molecule has 22 heavy (non-hydrogen) atoms. The molecule has 124 valence electrons. The molecule has 0 aliphatic rings. The van der Waals surface area contributed by atoms with E-state index in [0.29, 0.717) is 0 Å². The molecule has 0 aliphatic carbocycles. The zero-order valence-corrected chi connectivity index (χ0v) is 13.3. The van der Waals surface area contributed by atoms with Crippen LogP contribution < -0.4 is 4.72 Å². The normalized spacial score (nSPS) is 13.1. The fourth-order valence-corrected chi connectivity index (χ4v) is 2.85. The SMILES string of the molecule is COC(=O)Cn1cc(S(=O)(=O)NC(CC(C)C)C(=O)O)cn1. The minimum absolute atomic E-state index is 0.00541. The molecular weight excluding hydrogens is 314 g/mol. The van der Waals surface area contributed by atoms with E-state index in [0.717, 1.165) is 17.1 Å². The molecular formula is C12H19N3O6S. The van der Waals surface area contributed by atoms with Crippen molar-refractivity contribution in [2.45, 2.75) is 37.8 Å². The number of nitrogens with one attached hydrogen (secondary N) is 1. The molecule has 1 heterocycles. The number of esters is 1. The average molecular weight is 333 g/mol. The zero-order valence-electron chi connectivity index (χ0n) is 12.5. The summed E-state index contributed by atoms with van der Waals surface area (Å²) in [5.74, 6) is -1.83. The van der Waals surface area contributed by atoms with Crippen molar-refractivity contribution in [3.8, 4) is 0 Å². The molecule has 1 aromatic rings. The molecule has 0 radical (unpaired) electrons. The van der Waals surface area contributed by atoms with Crippen LogP contribution in [-0.2, 0) is 30.9 Å². The minimum Gasteiger partial charge on any atom is -0.480 e. The number of sulfonamides is 1. The maximum atomic E-state index is 12.2. The Hall–Kier alpha value is -1.94. The first-order chi connectivity index (χ1) is 10.2. The van der Waals surface area contributed by atoms with E-state index in [-0.39, 0.29) is 23.8 Å². The summed E-state index contributed by atoms with van der Waals surface area (Å²) in [6.45, 7) is 3.34. The lowest BCUT2D eigenvalue weighted by Crippen LogP contribution is -2.41. The van der Waals surface area contributed by atoms with Crippen LogP contribution in [0.3, 0.4) is 0 Å². The second kappa shape index (κ2) is 7.36. The Kier molecular flexibility index (Phi) is 6.06. The number of carboxylic acids is 1. The van der Waals surface area contributed by atoms with Gasteiger partial charge in [0.05, 0.1) is 13.3 Å². The van der Waals surface area contributed by atoms with Crippen molar-refractivity contribution in [3.05, 3.63) is 12.4 Å². The lowest BCUT2D eigenvalue weighted by molar-refractivity contribution is -0.141. The number of aliphatic carboxylic acids is 1. The van der Waals surface area contributed by atoms with E-state index >= 15 is 0 Å². The lowest BCUT2D eigenvalue weighted by atomic mass is 10.1. The molecule has 0 amide bonds. The first-order valence-electron chi connectivity index (χ1n) is 6.50. The van der Waals surface area contributed by atoms with Gasteiger partial charge in [-0.3, -0.25) is 14.3 Å². The van der Waals surface area contributed by atoms with Gasteiger partial charge in [0.25, 0.3) is 0 Å². The number of aromatic nitrogens is 2. The molecule has 0 aliphatic heterocycles. The number of carbonyl (C=O) groups is 2. The van der Waals surface area contributed by atoms with Crippen LogP contribution in [-0.4, -0.2) is 48.4 Å². The summed E-state index contributed by atoms with van der Waals surface area (Å²) in [5, 5.41) is 12.8. The number of hydrogen-bond acceptors (Lipinski definition) is 6. The molecule has 0 saturated heterocycles. The van der Waals surface area contributed by atoms with Crippen LogP contribution >= 0.6 is 0 Å². The first kappa shape index (κ1) is 18.1. The number of carbonyl (C=O) groups excluding carboxylic acids is 1. The summed E-state index contributed by atoms with van der Waals surface area (Å²) in [6, 6.07) is -1.23. The van der Waals surface area contributed by atoms with Crippen molar-refractivity contribution in [3.63, 3.8) is 0 Å². The fourth-order valence-electron chi connectivity index (χ4n) is 1.69. The lowest BCUT2D eigenvalue weighted by Gasteiger charge is -2.15. The predicted molar refractivity (Wildman–Crippen MR) is 75.4 cm³/mol. The number of ether oxygens (including phenoxy) is 1. The number of rotatable bonds is 8. The van der Waals surface area contributed by atoms with E-state index in [1.54, 1.807) is 13.8 Å². The largest absolute Gasteiger partial charge is 0.480 e. The topological polar surface area (TPSA) is 128 Å². The molecule has 0 aromatic carbocycles. The molecule has 1 aromatic heterocycles. The Morgan fingerprint density at radius 2 is 2.09 bits per heavy atom. The van der Waals surface area contributed by atoms with Crippen molar-refractivity contribution in [2.24, 2.45) is 5.92 Å². The molecule has 9 nitrogen and oxygen atoms in total. The van der Waals surface area contributed by atoms with Crippen LogP contribution in [0.25, 0.3) is 0 Å². The van der Waals surface area contributed by atoms with Crippen molar-refractivity contribution in [2.75, 3.05) is 7.11 Å². The van der Waals surface area contributed by atoms with Gasteiger partial charge in [-0.1, -0.05) is 13.8 Å². The van der Waals surface area contributed by atoms with Crippen molar-refractivity contribution >= 4 is 22.0 Å². The number of nitrogens with zero attached hydrogens (tertiary/aromatic N) is 2. The third kappa shape index (κ3) is 5.11. The molecule has 1 unspecified atom stereocenters. The van der Waals surface area contributed by atoms with E-state index in [4.69, 9.17) is 5.11 Å². The Morgan fingerprint density at radius 3 is 2.59 bits per heavy atom. The summed E-state index contributed by atoms with van der Waals surface area (Å²) in [4.78, 5) is 22.0. The summed E-state index contributed by atoms with van der Waals surface area (Å²) in [6.07, 6.45) is 2.33. The molecule has 0 spiro atoms. The average Bonchev–Trinajstić information content (AvgIpc) is 2.86. The van der Waals surface area contributed by atoms with Gasteiger partial charge in [-0.15, -0.1) is 0 Å². The van der Waals surface area contributed by atoms with E-state index < -0.39 is 28.0 Å². The van der Waals surface area contributed by atoms with Crippen LogP contribution in [0.15, 0.2) is 17.3 Å². The number of carboxylic acid groups (broad SMARTS) is 1. The van der Waals surface area contributed by atoms with Crippen LogP contribution in [0.5, 0.6) is 0 Å². The maximum Gasteiger partial charge on any atom is 0.327 e. The van der Waals surface area contributed by atoms with Gasteiger partial charge in [0, 0.05) is 6.20 Å².